The summed E-state index contributed by atoms with van der Waals surface area (Å²) in [6, 6.07) is 5.34. The molecule has 5 heterocycles. The van der Waals surface area contributed by atoms with Crippen molar-refractivity contribution < 1.29 is 57.5 Å². The van der Waals surface area contributed by atoms with Gasteiger partial charge in [0.1, 0.15) is 23.7 Å². The van der Waals surface area contributed by atoms with Crippen LogP contribution in [0.15, 0.2) is 40.1 Å². The van der Waals surface area contributed by atoms with Gasteiger partial charge in [0.2, 0.25) is 5.91 Å². The Morgan fingerprint density at radius 3 is 2.36 bits per heavy atom. The highest BCUT2D eigenvalue weighted by Gasteiger charge is 2.53. The van der Waals surface area contributed by atoms with E-state index in [4.69, 9.17) is 38.4 Å². The summed E-state index contributed by atoms with van der Waals surface area (Å²) in [6.07, 6.45) is -1.44. The van der Waals surface area contributed by atoms with Gasteiger partial charge in [-0.2, -0.15) is 0 Å². The van der Waals surface area contributed by atoms with Crippen molar-refractivity contribution in [1.29, 1.82) is 5.41 Å². The van der Waals surface area contributed by atoms with E-state index in [0.29, 0.717) is 18.7 Å². The van der Waals surface area contributed by atoms with Crippen molar-refractivity contribution >= 4 is 29.1 Å². The van der Waals surface area contributed by atoms with Gasteiger partial charge in [-0.25, -0.2) is 4.99 Å². The second kappa shape index (κ2) is 21.5. The van der Waals surface area contributed by atoms with E-state index in [1.807, 2.05) is 45.0 Å². The minimum atomic E-state index is -1.79. The second-order valence-electron chi connectivity index (χ2n) is 17.3. The summed E-state index contributed by atoms with van der Waals surface area (Å²) < 4.78 is 41.3. The zero-order chi connectivity index (χ0) is 45.4. The van der Waals surface area contributed by atoms with E-state index in [1.54, 1.807) is 53.3 Å². The molecule has 2 aromatic heterocycles. The van der Waals surface area contributed by atoms with Crippen LogP contribution in [0.3, 0.4) is 0 Å². The van der Waals surface area contributed by atoms with Crippen LogP contribution in [0.5, 0.6) is 0 Å². The normalized spacial score (nSPS) is 36.3. The second-order valence-corrected chi connectivity index (χ2v) is 17.3. The van der Waals surface area contributed by atoms with Crippen LogP contribution < -0.4 is 0 Å². The lowest BCUT2D eigenvalue weighted by Crippen LogP contribution is -2.60. The summed E-state index contributed by atoms with van der Waals surface area (Å²) in [5.74, 6) is -4.39. The number of methoxy groups -OCH3 is 1. The number of pyridine rings is 1. The highest BCUT2D eigenvalue weighted by atomic mass is 16.7. The van der Waals surface area contributed by atoms with E-state index in [9.17, 15) is 24.6 Å². The fraction of sp³-hybridized carbons (Fsp3) is 0.705. The first-order valence-electron chi connectivity index (χ1n) is 21.0. The van der Waals surface area contributed by atoms with Crippen molar-refractivity contribution in [3.8, 4) is 11.3 Å². The first-order chi connectivity index (χ1) is 28.6. The number of carbonyl (C=O) groups excluding carboxylic acids is 3. The number of nitrogens with zero attached hydrogens (tertiary/aromatic N) is 4. The van der Waals surface area contributed by atoms with Gasteiger partial charge in [0.25, 0.3) is 0 Å². The molecule has 0 aromatic carbocycles. The zero-order valence-corrected chi connectivity index (χ0v) is 37.7. The number of hydrogen-bond donors (Lipinski definition) is 3. The molecule has 0 spiro atoms. The standard InChI is InChI=1S/C34H57N3O10.C10H10N2O2/c1-12-25-34(9,42)30-19(4)26(36-22(7)38)17(2)14-33(8,44-16-23(35)15-43-30)29(20(5)27(39)21(6)31(41)46-25)47-32-28(40)24(37(10)11)13-18(3)45-32;1-13-7-9-3-2-8(6-11-9)10-4-5-12-14-10/h17-21,24-25,28-30,32,35,40,42H,12-16H2,1-11H3;2-6H,7H2,1H3/t17-,18-,19+,20+,21-,24+,25-,28-,29-,30-,32?,33-,34-;/m1./s1. The Kier molecular flexibility index (Phi) is 17.6. The fourth-order valence-corrected chi connectivity index (χ4v) is 8.73. The number of hydrogen-bond acceptors (Lipinski definition) is 16. The molecule has 1 amide bonds. The topological polar surface area (TPSA) is 225 Å². The van der Waals surface area contributed by atoms with Crippen molar-refractivity contribution in [2.45, 2.75) is 142 Å². The number of aromatic nitrogens is 2. The number of Topliss-reactive ketones (excluding diaryl/α,β-unsaturated/α-hetero) is 1. The Morgan fingerprint density at radius 2 is 1.79 bits per heavy atom. The summed E-state index contributed by atoms with van der Waals surface area (Å²) in [6.45, 7) is 15.1. The predicted molar refractivity (Wildman–Crippen MR) is 225 cm³/mol. The smallest absolute Gasteiger partial charge is 0.316 e. The van der Waals surface area contributed by atoms with Crippen LogP contribution in [0.2, 0.25) is 0 Å². The van der Waals surface area contributed by atoms with Crippen molar-refractivity contribution in [3.63, 3.8) is 0 Å². The van der Waals surface area contributed by atoms with Gasteiger partial charge in [-0.15, -0.1) is 0 Å². The van der Waals surface area contributed by atoms with Crippen molar-refractivity contribution in [1.82, 2.24) is 15.0 Å². The number of ketones is 1. The van der Waals surface area contributed by atoms with Gasteiger partial charge in [0.05, 0.1) is 61.3 Å². The molecule has 17 nitrogen and oxygen atoms in total. The van der Waals surface area contributed by atoms with Gasteiger partial charge in [-0.05, 0) is 79.1 Å². The molecule has 17 heteroatoms. The van der Waals surface area contributed by atoms with E-state index in [1.165, 1.54) is 20.8 Å². The highest BCUT2D eigenvalue weighted by Crippen LogP contribution is 2.40. The largest absolute Gasteiger partial charge is 0.459 e. The van der Waals surface area contributed by atoms with Crippen molar-refractivity contribution in [2.24, 2.45) is 28.7 Å². The van der Waals surface area contributed by atoms with Crippen LogP contribution in [-0.2, 0) is 49.4 Å². The molecule has 1 unspecified atom stereocenters. The lowest BCUT2D eigenvalue weighted by molar-refractivity contribution is -0.296. The molecule has 0 saturated carbocycles. The van der Waals surface area contributed by atoms with Crippen LogP contribution >= 0.6 is 0 Å². The number of nitrogens with one attached hydrogen (secondary N) is 1. The van der Waals surface area contributed by atoms with Gasteiger partial charge >= 0.3 is 5.97 Å². The Bertz CT molecular complexity index is 1800. The minimum absolute atomic E-state index is 0.0603. The molecule has 340 valence electrons. The van der Waals surface area contributed by atoms with Crippen LogP contribution in [0, 0.1) is 29.1 Å². The molecule has 2 aromatic rings. The molecule has 0 radical (unpaired) electrons. The molecular weight excluding hydrogens is 791 g/mol. The van der Waals surface area contributed by atoms with Crippen LogP contribution in [0.1, 0.15) is 87.3 Å². The van der Waals surface area contributed by atoms with Gasteiger partial charge in [0, 0.05) is 55.4 Å². The minimum Gasteiger partial charge on any atom is -0.459 e. The third kappa shape index (κ3) is 12.2. The summed E-state index contributed by atoms with van der Waals surface area (Å²) in [5.41, 5.74) is -0.830. The first-order valence-corrected chi connectivity index (χ1v) is 21.0. The molecular formula is C44H67N5O12. The lowest BCUT2D eigenvalue weighted by atomic mass is 9.73. The number of fused-ring (bicyclic) bond motifs is 5. The number of aliphatic hydroxyl groups is 2. The number of ether oxygens (including phenoxy) is 6. The monoisotopic (exact) mass is 857 g/mol. The summed E-state index contributed by atoms with van der Waals surface area (Å²) in [5, 5.41) is 35.8. The Hall–Kier alpha value is -3.81. The lowest BCUT2D eigenvalue weighted by Gasteiger charge is -2.47. The molecule has 61 heavy (non-hydrogen) atoms. The number of likely N-dealkylation sites (N-methyl/N-ethyl adjacent to an activating group) is 1. The number of carbonyl (C=O) groups is 3. The predicted octanol–water partition coefficient (Wildman–Crippen LogP) is 4.45. The Morgan fingerprint density at radius 1 is 1.08 bits per heavy atom. The number of esters is 1. The quantitative estimate of drug-likeness (QED) is 0.258. The van der Waals surface area contributed by atoms with Crippen LogP contribution in [0.4, 0.5) is 0 Å². The third-order valence-electron chi connectivity index (χ3n) is 12.0. The average Bonchev–Trinajstić information content (AvgIpc) is 3.75. The third-order valence-corrected chi connectivity index (χ3v) is 12.0. The van der Waals surface area contributed by atoms with E-state index in [0.717, 1.165) is 17.0 Å². The SMILES string of the molecule is CC[C@H]1OC(=O)[C@H](C)C(=O)[C@H](C)[C@@H](OC2O[C@H](C)C[C@H](N(C)C)[C@H]2O)[C@@]2(C)C[C@@H](C)C(=NC(C)=O)[C@H](C)[C@@H](OCC(=N)CO2)[C@]1(C)O.COCc1ccc(-c2ccno2)cn1. The van der Waals surface area contributed by atoms with E-state index in [-0.39, 0.29) is 43.9 Å². The molecule has 5 rings (SSSR count). The average molecular weight is 858 g/mol. The molecule has 0 aliphatic carbocycles. The number of rotatable bonds is 7. The molecule has 3 saturated heterocycles. The molecule has 13 atom stereocenters. The van der Waals surface area contributed by atoms with Gasteiger partial charge in [0.15, 0.2) is 17.8 Å². The number of aliphatic hydroxyl groups excluding tert-OH is 1. The molecule has 3 fully saturated rings. The van der Waals surface area contributed by atoms with Gasteiger partial charge in [-0.1, -0.05) is 32.9 Å². The number of aliphatic imine (C=N–C) groups is 1. The maximum atomic E-state index is 14.2. The molecule has 3 aliphatic rings. The summed E-state index contributed by atoms with van der Waals surface area (Å²) in [4.78, 5) is 50.8. The van der Waals surface area contributed by atoms with E-state index >= 15 is 0 Å². The van der Waals surface area contributed by atoms with Crippen LogP contribution in [-0.4, -0.2) is 143 Å². The molecule has 3 N–H and O–H groups in total. The zero-order valence-electron chi connectivity index (χ0n) is 37.7. The summed E-state index contributed by atoms with van der Waals surface area (Å²) >= 11 is 0. The van der Waals surface area contributed by atoms with Crippen molar-refractivity contribution in [2.75, 3.05) is 34.4 Å². The number of cyclic esters (lactones) is 1. The highest BCUT2D eigenvalue weighted by molar-refractivity contribution is 6.00. The van der Waals surface area contributed by atoms with Gasteiger partial charge in [-0.3, -0.25) is 19.4 Å². The maximum absolute atomic E-state index is 14.2. The van der Waals surface area contributed by atoms with Crippen LogP contribution in [0.25, 0.3) is 11.3 Å². The maximum Gasteiger partial charge on any atom is 0.316 e. The van der Waals surface area contributed by atoms with E-state index < -0.39 is 83.2 Å². The first kappa shape index (κ1) is 49.8. The van der Waals surface area contributed by atoms with Crippen molar-refractivity contribution in [3.05, 3.63) is 36.3 Å². The fourth-order valence-electron chi connectivity index (χ4n) is 8.73. The Labute approximate surface area is 359 Å². The summed E-state index contributed by atoms with van der Waals surface area (Å²) in [7, 11) is 5.37. The molecule has 3 aliphatic heterocycles. The molecule has 2 bridgehead atoms. The Balaban J connectivity index is 0.000000489. The van der Waals surface area contributed by atoms with E-state index in [2.05, 4.69) is 15.1 Å². The van der Waals surface area contributed by atoms with Gasteiger partial charge < -0.3 is 53.5 Å². The number of amides is 1.